The molecule has 0 aliphatic heterocycles. The van der Waals surface area contributed by atoms with Crippen LogP contribution in [-0.4, -0.2) is 30.9 Å². The molecule has 2 aromatic carbocycles. The van der Waals surface area contributed by atoms with Gasteiger partial charge < -0.3 is 18.6 Å². The maximum Gasteiger partial charge on any atom is 0.416 e. The van der Waals surface area contributed by atoms with Crippen LogP contribution in [0.2, 0.25) is 0 Å². The van der Waals surface area contributed by atoms with Crippen LogP contribution < -0.4 is 9.64 Å². The highest BCUT2D eigenvalue weighted by Crippen LogP contribution is 2.27. The SMILES string of the molecule is COC(=O)N(COC(=O)c1ccco1)c1ccc(OCc2nc3ccccc3s2)cc1C. The van der Waals surface area contributed by atoms with Gasteiger partial charge in [0.1, 0.15) is 17.4 Å². The highest BCUT2D eigenvalue weighted by atomic mass is 32.1. The van der Waals surface area contributed by atoms with Gasteiger partial charge in [0.25, 0.3) is 0 Å². The number of hydrogen-bond donors (Lipinski definition) is 0. The van der Waals surface area contributed by atoms with Crippen molar-refractivity contribution in [2.75, 3.05) is 18.7 Å². The molecule has 0 aliphatic carbocycles. The molecule has 4 rings (SSSR count). The zero-order valence-corrected chi connectivity index (χ0v) is 18.3. The third kappa shape index (κ3) is 4.73. The number of aryl methyl sites for hydroxylation is 1. The van der Waals surface area contributed by atoms with E-state index in [2.05, 4.69) is 4.98 Å². The average Bonchev–Trinajstić information content (AvgIpc) is 3.48. The number of benzene rings is 2. The Labute approximate surface area is 187 Å². The van der Waals surface area contributed by atoms with Gasteiger partial charge >= 0.3 is 12.1 Å². The van der Waals surface area contributed by atoms with Crippen molar-refractivity contribution in [1.82, 2.24) is 4.98 Å². The first kappa shape index (κ1) is 21.4. The molecule has 0 bridgehead atoms. The lowest BCUT2D eigenvalue weighted by atomic mass is 10.2. The summed E-state index contributed by atoms with van der Waals surface area (Å²) in [7, 11) is 1.26. The van der Waals surface area contributed by atoms with Crippen molar-refractivity contribution >= 4 is 39.3 Å². The Hall–Kier alpha value is -3.85. The highest BCUT2D eigenvalue weighted by molar-refractivity contribution is 7.18. The molecule has 8 nitrogen and oxygen atoms in total. The molecule has 32 heavy (non-hydrogen) atoms. The van der Waals surface area contributed by atoms with Crippen molar-refractivity contribution in [3.8, 4) is 5.75 Å². The van der Waals surface area contributed by atoms with E-state index in [1.807, 2.05) is 31.2 Å². The van der Waals surface area contributed by atoms with Gasteiger partial charge in [0, 0.05) is 0 Å². The number of methoxy groups -OCH3 is 1. The van der Waals surface area contributed by atoms with E-state index in [0.717, 1.165) is 20.8 Å². The Kier molecular flexibility index (Phi) is 6.37. The van der Waals surface area contributed by atoms with Crippen LogP contribution in [0.4, 0.5) is 10.5 Å². The first-order chi connectivity index (χ1) is 15.5. The third-order valence-electron chi connectivity index (χ3n) is 4.60. The Bertz CT molecular complexity index is 1200. The minimum Gasteiger partial charge on any atom is -0.486 e. The summed E-state index contributed by atoms with van der Waals surface area (Å²) < 4.78 is 22.0. The molecular formula is C23H20N2O6S. The molecule has 2 heterocycles. The van der Waals surface area contributed by atoms with Crippen molar-refractivity contribution in [3.63, 3.8) is 0 Å². The second-order valence-electron chi connectivity index (χ2n) is 6.75. The van der Waals surface area contributed by atoms with Gasteiger partial charge in [0.2, 0.25) is 5.76 Å². The number of thiazole rings is 1. The molecule has 0 unspecified atom stereocenters. The molecule has 164 valence electrons. The molecule has 0 N–H and O–H groups in total. The van der Waals surface area contributed by atoms with E-state index in [4.69, 9.17) is 18.6 Å². The summed E-state index contributed by atoms with van der Waals surface area (Å²) in [4.78, 5) is 30.1. The van der Waals surface area contributed by atoms with E-state index in [9.17, 15) is 9.59 Å². The fourth-order valence-corrected chi connectivity index (χ4v) is 3.95. The van der Waals surface area contributed by atoms with E-state index < -0.39 is 12.1 Å². The van der Waals surface area contributed by atoms with Crippen molar-refractivity contribution < 1.29 is 28.2 Å². The quantitative estimate of drug-likeness (QED) is 0.282. The summed E-state index contributed by atoms with van der Waals surface area (Å²) in [6.45, 7) is 1.82. The fourth-order valence-electron chi connectivity index (χ4n) is 3.07. The molecule has 2 aromatic heterocycles. The van der Waals surface area contributed by atoms with E-state index in [1.54, 1.807) is 35.6 Å². The van der Waals surface area contributed by atoms with Crippen LogP contribution in [0.3, 0.4) is 0 Å². The minimum atomic E-state index is -0.683. The molecule has 0 aliphatic rings. The molecule has 0 radical (unpaired) electrons. The molecule has 1 amide bonds. The molecule has 0 fully saturated rings. The molecule has 0 spiro atoms. The number of esters is 1. The summed E-state index contributed by atoms with van der Waals surface area (Å²) in [6, 6.07) is 16.2. The van der Waals surface area contributed by atoms with E-state index in [1.165, 1.54) is 24.3 Å². The van der Waals surface area contributed by atoms with Crippen LogP contribution in [0, 0.1) is 6.92 Å². The first-order valence-electron chi connectivity index (χ1n) is 9.69. The second kappa shape index (κ2) is 9.52. The topological polar surface area (TPSA) is 91.1 Å². The number of nitrogens with zero attached hydrogens (tertiary/aromatic N) is 2. The number of aromatic nitrogens is 1. The van der Waals surface area contributed by atoms with E-state index in [-0.39, 0.29) is 12.5 Å². The number of rotatable bonds is 7. The number of fused-ring (bicyclic) bond motifs is 1. The van der Waals surface area contributed by atoms with Gasteiger partial charge in [-0.25, -0.2) is 19.5 Å². The first-order valence-corrected chi connectivity index (χ1v) is 10.5. The molecule has 0 saturated heterocycles. The number of amides is 1. The summed E-state index contributed by atoms with van der Waals surface area (Å²) in [5.74, 6) is -0.00891. The normalized spacial score (nSPS) is 10.7. The maximum atomic E-state index is 12.3. The summed E-state index contributed by atoms with van der Waals surface area (Å²) in [5, 5.41) is 0.869. The Morgan fingerprint density at radius 1 is 1.12 bits per heavy atom. The monoisotopic (exact) mass is 452 g/mol. The average molecular weight is 452 g/mol. The molecule has 9 heteroatoms. The zero-order chi connectivity index (χ0) is 22.5. The van der Waals surface area contributed by atoms with Gasteiger partial charge in [-0.2, -0.15) is 0 Å². The predicted octanol–water partition coefficient (Wildman–Crippen LogP) is 5.16. The molecular weight excluding hydrogens is 432 g/mol. The molecule has 4 aromatic rings. The predicted molar refractivity (Wildman–Crippen MR) is 119 cm³/mol. The van der Waals surface area contributed by atoms with E-state index >= 15 is 0 Å². The summed E-state index contributed by atoms with van der Waals surface area (Å²) >= 11 is 1.58. The van der Waals surface area contributed by atoms with Gasteiger partial charge in [0.05, 0.1) is 29.3 Å². The van der Waals surface area contributed by atoms with Crippen LogP contribution in [0.5, 0.6) is 5.75 Å². The Balaban J connectivity index is 1.45. The lowest BCUT2D eigenvalue weighted by Crippen LogP contribution is -2.34. The van der Waals surface area contributed by atoms with E-state index in [0.29, 0.717) is 18.0 Å². The number of hydrogen-bond acceptors (Lipinski definition) is 8. The number of para-hydroxylation sites is 1. The number of anilines is 1. The second-order valence-corrected chi connectivity index (χ2v) is 7.86. The summed E-state index contributed by atoms with van der Waals surface area (Å²) in [5.41, 5.74) is 2.21. The maximum absolute atomic E-state index is 12.3. The lowest BCUT2D eigenvalue weighted by Gasteiger charge is -2.22. The van der Waals surface area contributed by atoms with Crippen molar-refractivity contribution in [2.24, 2.45) is 0 Å². The van der Waals surface area contributed by atoms with Crippen molar-refractivity contribution in [2.45, 2.75) is 13.5 Å². The standard InChI is InChI=1S/C23H20N2O6S/c1-15-12-16(30-13-21-24-17-6-3-4-8-20(17)32-21)9-10-18(15)25(23(27)28-2)14-31-22(26)19-7-5-11-29-19/h3-12H,13-14H2,1-2H3. The fraction of sp³-hybridized carbons (Fsp3) is 0.174. The minimum absolute atomic E-state index is 0.0464. The zero-order valence-electron chi connectivity index (χ0n) is 17.4. The third-order valence-corrected chi connectivity index (χ3v) is 5.61. The Morgan fingerprint density at radius 2 is 1.97 bits per heavy atom. The van der Waals surface area contributed by atoms with Crippen LogP contribution >= 0.6 is 11.3 Å². The molecule has 0 atom stereocenters. The van der Waals surface area contributed by atoms with Gasteiger partial charge in [-0.1, -0.05) is 12.1 Å². The molecule has 0 saturated carbocycles. The number of carbonyl (C=O) groups excluding carboxylic acids is 2. The number of ether oxygens (including phenoxy) is 3. The lowest BCUT2D eigenvalue weighted by molar-refractivity contribution is 0.0467. The van der Waals surface area contributed by atoms with Gasteiger partial charge in [-0.15, -0.1) is 11.3 Å². The Morgan fingerprint density at radius 3 is 2.69 bits per heavy atom. The van der Waals surface area contributed by atoms with Crippen LogP contribution in [0.1, 0.15) is 21.1 Å². The van der Waals surface area contributed by atoms with Gasteiger partial charge in [-0.3, -0.25) is 0 Å². The highest BCUT2D eigenvalue weighted by Gasteiger charge is 2.21. The smallest absolute Gasteiger partial charge is 0.416 e. The van der Waals surface area contributed by atoms with Crippen molar-refractivity contribution in [1.29, 1.82) is 0 Å². The number of furan rings is 1. The summed E-state index contributed by atoms with van der Waals surface area (Å²) in [6.07, 6.45) is 0.704. The number of carbonyl (C=O) groups is 2. The van der Waals surface area contributed by atoms with Crippen LogP contribution in [0.15, 0.2) is 65.3 Å². The van der Waals surface area contributed by atoms with Crippen LogP contribution in [-0.2, 0) is 16.1 Å². The van der Waals surface area contributed by atoms with Gasteiger partial charge in [0.15, 0.2) is 6.73 Å². The van der Waals surface area contributed by atoms with Crippen LogP contribution in [0.25, 0.3) is 10.2 Å². The van der Waals surface area contributed by atoms with Crippen molar-refractivity contribution in [3.05, 3.63) is 77.2 Å². The largest absolute Gasteiger partial charge is 0.486 e. The van der Waals surface area contributed by atoms with Gasteiger partial charge in [-0.05, 0) is 55.0 Å².